The van der Waals surface area contributed by atoms with Crippen molar-refractivity contribution >= 4 is 0 Å². The second-order valence-electron chi connectivity index (χ2n) is 4.66. The molecule has 0 aliphatic rings. The van der Waals surface area contributed by atoms with Gasteiger partial charge in [-0.25, -0.2) is 8.78 Å². The largest absolute Gasteiger partial charge is 0.494 e. The molecule has 0 saturated carbocycles. The molecule has 4 heteroatoms. The van der Waals surface area contributed by atoms with Gasteiger partial charge in [-0.05, 0) is 24.6 Å². The highest BCUT2D eigenvalue weighted by molar-refractivity contribution is 5.27. The smallest absolute Gasteiger partial charge is 0.163 e. The van der Waals surface area contributed by atoms with E-state index in [1.807, 2.05) is 30.3 Å². The molecule has 2 aromatic rings. The third kappa shape index (κ3) is 3.33. The van der Waals surface area contributed by atoms with Crippen molar-refractivity contribution in [3.63, 3.8) is 0 Å². The molecule has 0 amide bonds. The molecule has 0 heterocycles. The lowest BCUT2D eigenvalue weighted by atomic mass is 10.0. The summed E-state index contributed by atoms with van der Waals surface area (Å²) in [5.41, 5.74) is 6.35. The van der Waals surface area contributed by atoms with Crippen LogP contribution in [-0.2, 0) is 0 Å². The molecule has 20 heavy (non-hydrogen) atoms. The van der Waals surface area contributed by atoms with Crippen LogP contribution in [0.25, 0.3) is 0 Å². The van der Waals surface area contributed by atoms with Gasteiger partial charge in [0.2, 0.25) is 0 Å². The van der Waals surface area contributed by atoms with Crippen molar-refractivity contribution in [1.29, 1.82) is 0 Å². The lowest BCUT2D eigenvalue weighted by Crippen LogP contribution is -2.16. The average molecular weight is 277 g/mol. The Morgan fingerprint density at radius 2 is 1.75 bits per heavy atom. The zero-order chi connectivity index (χ0) is 14.5. The maximum atomic E-state index is 13.8. The van der Waals surface area contributed by atoms with E-state index in [4.69, 9.17) is 10.5 Å². The summed E-state index contributed by atoms with van der Waals surface area (Å²) in [5.74, 6) is -0.964. The molecule has 2 aromatic carbocycles. The molecular weight excluding hydrogens is 260 g/mol. The van der Waals surface area contributed by atoms with Gasteiger partial charge < -0.3 is 10.5 Å². The number of aryl methyl sites for hydroxylation is 1. The topological polar surface area (TPSA) is 35.2 Å². The molecule has 2 nitrogen and oxygen atoms in total. The van der Waals surface area contributed by atoms with Crippen molar-refractivity contribution in [2.24, 2.45) is 5.73 Å². The fourth-order valence-electron chi connectivity index (χ4n) is 1.92. The zero-order valence-corrected chi connectivity index (χ0v) is 11.3. The Bertz CT molecular complexity index is 572. The van der Waals surface area contributed by atoms with Gasteiger partial charge in [0.15, 0.2) is 11.6 Å². The lowest BCUT2D eigenvalue weighted by Gasteiger charge is -2.14. The summed E-state index contributed by atoms with van der Waals surface area (Å²) in [5, 5.41) is 0. The number of hydrogen-bond donors (Lipinski definition) is 1. The van der Waals surface area contributed by atoms with Gasteiger partial charge in [-0.1, -0.05) is 30.3 Å². The fourth-order valence-corrected chi connectivity index (χ4v) is 1.92. The van der Waals surface area contributed by atoms with Gasteiger partial charge in [0.05, 0.1) is 6.61 Å². The second-order valence-corrected chi connectivity index (χ2v) is 4.66. The van der Waals surface area contributed by atoms with E-state index in [-0.39, 0.29) is 11.1 Å². The first-order valence-electron chi connectivity index (χ1n) is 6.47. The molecular formula is C16H17F2NO. The van der Waals surface area contributed by atoms with Crippen LogP contribution in [0.2, 0.25) is 0 Å². The summed E-state index contributed by atoms with van der Waals surface area (Å²) in [6.45, 7) is 1.87. The minimum Gasteiger partial charge on any atom is -0.494 e. The Hall–Kier alpha value is -1.94. The molecule has 0 fully saturated rings. The molecule has 0 aromatic heterocycles. The quantitative estimate of drug-likeness (QED) is 0.903. The first kappa shape index (κ1) is 14.5. The highest BCUT2D eigenvalue weighted by Crippen LogP contribution is 2.22. The van der Waals surface area contributed by atoms with Crippen LogP contribution in [0.3, 0.4) is 0 Å². The van der Waals surface area contributed by atoms with Crippen LogP contribution in [0.4, 0.5) is 8.78 Å². The number of halogens is 2. The summed E-state index contributed by atoms with van der Waals surface area (Å²) in [6, 6.07) is 11.8. The lowest BCUT2D eigenvalue weighted by molar-refractivity contribution is 0.296. The maximum Gasteiger partial charge on any atom is 0.163 e. The van der Waals surface area contributed by atoms with Crippen LogP contribution < -0.4 is 10.5 Å². The van der Waals surface area contributed by atoms with Crippen LogP contribution in [0, 0.1) is 18.6 Å². The summed E-state index contributed by atoms with van der Waals surface area (Å²) in [7, 11) is 0. The van der Waals surface area contributed by atoms with Crippen molar-refractivity contribution in [2.75, 3.05) is 6.61 Å². The number of ether oxygens (including phenoxy) is 1. The van der Waals surface area contributed by atoms with Gasteiger partial charge in [-0.15, -0.1) is 0 Å². The molecule has 106 valence electrons. The number of rotatable bonds is 5. The first-order chi connectivity index (χ1) is 9.59. The first-order valence-corrected chi connectivity index (χ1v) is 6.47. The van der Waals surface area contributed by atoms with E-state index in [1.165, 1.54) is 19.1 Å². The normalized spacial score (nSPS) is 12.2. The molecule has 1 unspecified atom stereocenters. The second kappa shape index (κ2) is 6.48. The Balaban J connectivity index is 1.95. The van der Waals surface area contributed by atoms with Gasteiger partial charge >= 0.3 is 0 Å². The molecule has 2 rings (SSSR count). The molecule has 1 atom stereocenters. The number of nitrogens with two attached hydrogens (primary N) is 1. The van der Waals surface area contributed by atoms with Crippen LogP contribution in [0.15, 0.2) is 42.5 Å². The van der Waals surface area contributed by atoms with E-state index in [9.17, 15) is 8.78 Å². The number of benzene rings is 2. The highest BCUT2D eigenvalue weighted by Gasteiger charge is 2.16. The highest BCUT2D eigenvalue weighted by atomic mass is 19.2. The van der Waals surface area contributed by atoms with Crippen LogP contribution in [-0.4, -0.2) is 6.61 Å². The molecule has 0 aliphatic carbocycles. The van der Waals surface area contributed by atoms with Crippen molar-refractivity contribution < 1.29 is 13.5 Å². The zero-order valence-electron chi connectivity index (χ0n) is 11.3. The minimum atomic E-state index is -0.864. The summed E-state index contributed by atoms with van der Waals surface area (Å²) in [4.78, 5) is 0. The minimum absolute atomic E-state index is 0.185. The molecule has 2 N–H and O–H groups in total. The van der Waals surface area contributed by atoms with Gasteiger partial charge in [0.1, 0.15) is 5.75 Å². The van der Waals surface area contributed by atoms with E-state index < -0.39 is 17.7 Å². The van der Waals surface area contributed by atoms with Crippen molar-refractivity contribution in [3.8, 4) is 5.75 Å². The maximum absolute atomic E-state index is 13.8. The van der Waals surface area contributed by atoms with E-state index in [1.54, 1.807) is 0 Å². The Morgan fingerprint density at radius 3 is 2.45 bits per heavy atom. The predicted molar refractivity (Wildman–Crippen MR) is 74.6 cm³/mol. The number of hydrogen-bond acceptors (Lipinski definition) is 2. The average Bonchev–Trinajstić information content (AvgIpc) is 2.46. The summed E-state index contributed by atoms with van der Waals surface area (Å²) >= 11 is 0. The monoisotopic (exact) mass is 277 g/mol. The Kier molecular flexibility index (Phi) is 4.69. The van der Waals surface area contributed by atoms with Gasteiger partial charge in [-0.2, -0.15) is 0 Å². The molecule has 0 radical (unpaired) electrons. The summed E-state index contributed by atoms with van der Waals surface area (Å²) in [6.07, 6.45) is 0.411. The third-order valence-electron chi connectivity index (χ3n) is 3.15. The van der Waals surface area contributed by atoms with Crippen LogP contribution >= 0.6 is 0 Å². The van der Waals surface area contributed by atoms with Gasteiger partial charge in [-0.3, -0.25) is 0 Å². The fraction of sp³-hybridized carbons (Fsp3) is 0.250. The molecule has 0 bridgehead atoms. The van der Waals surface area contributed by atoms with E-state index in [0.717, 1.165) is 5.75 Å². The number of para-hydroxylation sites is 1. The van der Waals surface area contributed by atoms with Crippen molar-refractivity contribution in [1.82, 2.24) is 0 Å². The van der Waals surface area contributed by atoms with Crippen molar-refractivity contribution in [2.45, 2.75) is 19.4 Å². The Labute approximate surface area is 117 Å². The van der Waals surface area contributed by atoms with Gasteiger partial charge in [0.25, 0.3) is 0 Å². The van der Waals surface area contributed by atoms with Gasteiger partial charge in [0, 0.05) is 18.0 Å². The molecule has 0 saturated heterocycles. The standard InChI is InChI=1S/C16H17F2NO/c1-11-7-8-13(16(18)15(11)17)14(19)9-10-20-12-5-3-2-4-6-12/h2-8,14H,9-10,19H2,1H3. The predicted octanol–water partition coefficient (Wildman–Crippen LogP) is 3.74. The third-order valence-corrected chi connectivity index (χ3v) is 3.15. The SMILES string of the molecule is Cc1ccc(C(N)CCOc2ccccc2)c(F)c1F. The molecule has 0 spiro atoms. The van der Waals surface area contributed by atoms with Crippen molar-refractivity contribution in [3.05, 3.63) is 65.2 Å². The summed E-state index contributed by atoms with van der Waals surface area (Å²) < 4.78 is 32.7. The Morgan fingerprint density at radius 1 is 1.05 bits per heavy atom. The van der Waals surface area contributed by atoms with Crippen LogP contribution in [0.5, 0.6) is 5.75 Å². The van der Waals surface area contributed by atoms with E-state index in [0.29, 0.717) is 13.0 Å². The van der Waals surface area contributed by atoms with E-state index in [2.05, 4.69) is 0 Å². The van der Waals surface area contributed by atoms with E-state index >= 15 is 0 Å². The van der Waals surface area contributed by atoms with Crippen LogP contribution in [0.1, 0.15) is 23.6 Å². The molecule has 0 aliphatic heterocycles.